The van der Waals surface area contributed by atoms with Crippen molar-refractivity contribution in [3.63, 3.8) is 0 Å². The maximum atomic E-state index is 10.7. The minimum atomic E-state index is -0.302. The van der Waals surface area contributed by atoms with Gasteiger partial charge in [0, 0.05) is 12.8 Å². The molecule has 18 heavy (non-hydrogen) atoms. The normalized spacial score (nSPS) is 38.5. The van der Waals surface area contributed by atoms with Crippen LogP contribution in [0.3, 0.4) is 0 Å². The van der Waals surface area contributed by atoms with E-state index in [-0.39, 0.29) is 17.8 Å². The second-order valence-corrected chi connectivity index (χ2v) is 5.70. The predicted molar refractivity (Wildman–Crippen MR) is 65.1 cm³/mol. The van der Waals surface area contributed by atoms with E-state index in [1.54, 1.807) is 0 Å². The Morgan fingerprint density at radius 2 is 2.39 bits per heavy atom. The molecule has 0 N–H and O–H groups in total. The Morgan fingerprint density at radius 3 is 3.11 bits per heavy atom. The van der Waals surface area contributed by atoms with Gasteiger partial charge in [0.15, 0.2) is 0 Å². The lowest BCUT2D eigenvalue weighted by atomic mass is 9.71. The van der Waals surface area contributed by atoms with Crippen LogP contribution in [0.25, 0.3) is 0 Å². The van der Waals surface area contributed by atoms with Gasteiger partial charge in [0.2, 0.25) is 0 Å². The van der Waals surface area contributed by atoms with E-state index in [1.807, 2.05) is 0 Å². The fourth-order valence-corrected chi connectivity index (χ4v) is 3.24. The number of hydrogen-bond donors (Lipinski definition) is 0. The molecular weight excluding hydrogens is 232 g/mol. The van der Waals surface area contributed by atoms with Gasteiger partial charge < -0.3 is 14.2 Å². The summed E-state index contributed by atoms with van der Waals surface area (Å²) in [5.74, 6) is 0. The second-order valence-electron chi connectivity index (χ2n) is 5.70. The highest BCUT2D eigenvalue weighted by molar-refractivity contribution is 5.40. The largest absolute Gasteiger partial charge is 0.461 e. The van der Waals surface area contributed by atoms with Crippen molar-refractivity contribution in [3.8, 4) is 0 Å². The lowest BCUT2D eigenvalue weighted by Crippen LogP contribution is -2.44. The van der Waals surface area contributed by atoms with Gasteiger partial charge in [-0.2, -0.15) is 0 Å². The minimum absolute atomic E-state index is 0.0956. The average molecular weight is 252 g/mol. The van der Waals surface area contributed by atoms with Gasteiger partial charge in [-0.1, -0.05) is 5.57 Å². The van der Waals surface area contributed by atoms with Crippen molar-refractivity contribution in [1.82, 2.24) is 0 Å². The summed E-state index contributed by atoms with van der Waals surface area (Å²) in [5.41, 5.74) is 2.47. The third-order valence-electron chi connectivity index (χ3n) is 4.43. The Labute approximate surface area is 107 Å². The van der Waals surface area contributed by atoms with Gasteiger partial charge in [0.1, 0.15) is 11.7 Å². The zero-order chi connectivity index (χ0) is 12.6. The highest BCUT2D eigenvalue weighted by Crippen LogP contribution is 2.45. The summed E-state index contributed by atoms with van der Waals surface area (Å²) in [4.78, 5) is 10.7. The van der Waals surface area contributed by atoms with Gasteiger partial charge in [-0.15, -0.1) is 0 Å². The molecule has 1 heterocycles. The van der Waals surface area contributed by atoms with Crippen LogP contribution in [0.1, 0.15) is 39.0 Å². The molecule has 0 aromatic rings. The van der Waals surface area contributed by atoms with Crippen molar-refractivity contribution in [2.75, 3.05) is 13.2 Å². The van der Waals surface area contributed by atoms with Gasteiger partial charge in [0.25, 0.3) is 6.47 Å². The van der Waals surface area contributed by atoms with Crippen LogP contribution in [0.4, 0.5) is 0 Å². The topological polar surface area (TPSA) is 48.1 Å². The summed E-state index contributed by atoms with van der Waals surface area (Å²) in [5, 5.41) is 0. The number of fused-ring (bicyclic) bond motifs is 2. The van der Waals surface area contributed by atoms with Crippen molar-refractivity contribution in [2.45, 2.75) is 56.8 Å². The zero-order valence-electron chi connectivity index (χ0n) is 10.8. The smallest absolute Gasteiger partial charge is 0.293 e. The number of carbonyl (C=O) groups is 1. The SMILES string of the molecule is CC1=C2CCCC(OC=O)(C2)CC1OCC1CO1. The highest BCUT2D eigenvalue weighted by atomic mass is 16.6. The van der Waals surface area contributed by atoms with Crippen molar-refractivity contribution < 1.29 is 19.0 Å². The predicted octanol–water partition coefficient (Wildman–Crippen LogP) is 1.98. The second kappa shape index (κ2) is 4.67. The van der Waals surface area contributed by atoms with Crippen LogP contribution in [0.2, 0.25) is 0 Å². The van der Waals surface area contributed by atoms with E-state index in [4.69, 9.17) is 14.2 Å². The van der Waals surface area contributed by atoms with Crippen LogP contribution >= 0.6 is 0 Å². The van der Waals surface area contributed by atoms with Gasteiger partial charge >= 0.3 is 0 Å². The third kappa shape index (κ3) is 2.31. The Morgan fingerprint density at radius 1 is 1.56 bits per heavy atom. The first-order chi connectivity index (χ1) is 8.72. The molecule has 3 unspecified atom stereocenters. The first-order valence-electron chi connectivity index (χ1n) is 6.76. The van der Waals surface area contributed by atoms with Crippen LogP contribution in [0.5, 0.6) is 0 Å². The zero-order valence-corrected chi connectivity index (χ0v) is 10.8. The molecule has 3 aliphatic rings. The monoisotopic (exact) mass is 252 g/mol. The highest BCUT2D eigenvalue weighted by Gasteiger charge is 2.44. The van der Waals surface area contributed by atoms with Crippen LogP contribution in [0, 0.1) is 0 Å². The number of ether oxygens (including phenoxy) is 3. The number of carbonyl (C=O) groups excluding carboxylic acids is 1. The molecule has 100 valence electrons. The number of rotatable bonds is 5. The van der Waals surface area contributed by atoms with Gasteiger partial charge in [-0.3, -0.25) is 4.79 Å². The number of epoxide rings is 1. The molecule has 0 amide bonds. The molecule has 1 saturated carbocycles. The first kappa shape index (κ1) is 12.2. The quantitative estimate of drug-likeness (QED) is 0.426. The molecule has 3 rings (SSSR count). The molecule has 0 aromatic carbocycles. The standard InChI is InChI=1S/C14H20O4/c1-10-11-3-2-4-14(5-11,18-9-15)6-13(10)17-8-12-7-16-12/h9,12-13H,2-8H2,1H3. The van der Waals surface area contributed by atoms with E-state index in [1.165, 1.54) is 11.1 Å². The molecule has 4 nitrogen and oxygen atoms in total. The Hall–Kier alpha value is -0.870. The fourth-order valence-electron chi connectivity index (χ4n) is 3.24. The van der Waals surface area contributed by atoms with Crippen molar-refractivity contribution >= 4 is 6.47 Å². The first-order valence-corrected chi connectivity index (χ1v) is 6.76. The van der Waals surface area contributed by atoms with Crippen molar-refractivity contribution in [2.24, 2.45) is 0 Å². The van der Waals surface area contributed by atoms with E-state index in [0.717, 1.165) is 38.7 Å². The molecule has 2 bridgehead atoms. The van der Waals surface area contributed by atoms with Crippen LogP contribution in [-0.2, 0) is 19.0 Å². The van der Waals surface area contributed by atoms with Gasteiger partial charge in [-0.05, 0) is 31.8 Å². The molecule has 3 atom stereocenters. The van der Waals surface area contributed by atoms with E-state index in [2.05, 4.69) is 6.92 Å². The third-order valence-corrected chi connectivity index (χ3v) is 4.43. The summed E-state index contributed by atoms with van der Waals surface area (Å²) in [6, 6.07) is 0. The Kier molecular flexibility index (Phi) is 3.16. The summed E-state index contributed by atoms with van der Waals surface area (Å²) >= 11 is 0. The van der Waals surface area contributed by atoms with Gasteiger partial charge in [-0.25, -0.2) is 0 Å². The van der Waals surface area contributed by atoms with Gasteiger partial charge in [0.05, 0.1) is 19.3 Å². The molecule has 0 aromatic heterocycles. The minimum Gasteiger partial charge on any atom is -0.461 e. The molecule has 2 aliphatic carbocycles. The summed E-state index contributed by atoms with van der Waals surface area (Å²) < 4.78 is 16.5. The Balaban J connectivity index is 1.74. The van der Waals surface area contributed by atoms with Crippen molar-refractivity contribution in [3.05, 3.63) is 11.1 Å². The lowest BCUT2D eigenvalue weighted by molar-refractivity contribution is -0.151. The van der Waals surface area contributed by atoms with Crippen LogP contribution in [-0.4, -0.2) is 37.5 Å². The Bertz CT molecular complexity index is 372. The van der Waals surface area contributed by atoms with E-state index >= 15 is 0 Å². The maximum absolute atomic E-state index is 10.7. The summed E-state index contributed by atoms with van der Waals surface area (Å²) in [7, 11) is 0. The van der Waals surface area contributed by atoms with E-state index < -0.39 is 0 Å². The maximum Gasteiger partial charge on any atom is 0.293 e. The van der Waals surface area contributed by atoms with E-state index in [9.17, 15) is 4.79 Å². The summed E-state index contributed by atoms with van der Waals surface area (Å²) in [6.07, 6.45) is 5.27. The molecule has 0 spiro atoms. The molecule has 1 saturated heterocycles. The molecule has 1 aliphatic heterocycles. The molecule has 0 radical (unpaired) electrons. The molecule has 2 fully saturated rings. The molecular formula is C14H20O4. The van der Waals surface area contributed by atoms with Crippen LogP contribution in [0.15, 0.2) is 11.1 Å². The van der Waals surface area contributed by atoms with E-state index in [0.29, 0.717) is 13.1 Å². The lowest BCUT2D eigenvalue weighted by Gasteiger charge is -2.44. The average Bonchev–Trinajstić information content (AvgIpc) is 3.17. The molecule has 4 heteroatoms. The summed E-state index contributed by atoms with van der Waals surface area (Å²) in [6.45, 7) is 4.24. The van der Waals surface area contributed by atoms with Crippen LogP contribution < -0.4 is 0 Å². The number of hydrogen-bond acceptors (Lipinski definition) is 4. The van der Waals surface area contributed by atoms with Crippen molar-refractivity contribution in [1.29, 1.82) is 0 Å². The fraction of sp³-hybridized carbons (Fsp3) is 0.786.